The number of hydrogen-bond acceptors (Lipinski definition) is 2. The molecule has 6 heteroatoms. The van der Waals surface area contributed by atoms with Crippen molar-refractivity contribution in [2.75, 3.05) is 12.4 Å². The van der Waals surface area contributed by atoms with Crippen LogP contribution in [-0.2, 0) is 11.0 Å². The monoisotopic (exact) mass is 211 g/mol. The molecule has 1 heterocycles. The summed E-state index contributed by atoms with van der Waals surface area (Å²) in [7, 11) is -1.49. The third-order valence-corrected chi connectivity index (χ3v) is 3.72. The van der Waals surface area contributed by atoms with E-state index in [1.165, 1.54) is 0 Å². The van der Waals surface area contributed by atoms with E-state index in [2.05, 4.69) is 0 Å². The van der Waals surface area contributed by atoms with Crippen LogP contribution in [0.2, 0.25) is 0 Å². The van der Waals surface area contributed by atoms with Gasteiger partial charge in [0.15, 0.2) is 6.54 Å². The van der Waals surface area contributed by atoms with E-state index in [0.717, 1.165) is 17.6 Å². The molecule has 3 atom stereocenters. The van der Waals surface area contributed by atoms with Gasteiger partial charge in [0.25, 0.3) is 0 Å². The second-order valence-corrected chi connectivity index (χ2v) is 4.44. The summed E-state index contributed by atoms with van der Waals surface area (Å²) in [5, 5.41) is 4.83. The molecule has 0 radical (unpaired) electrons. The number of nitroso groups, excluding NO2 is 1. The molecule has 0 bridgehead atoms. The van der Waals surface area contributed by atoms with Crippen LogP contribution in [0.5, 0.6) is 0 Å². The minimum atomic E-state index is -1.49. The summed E-state index contributed by atoms with van der Waals surface area (Å²) >= 11 is 5.57. The molecule has 0 aromatic heterocycles. The normalized spacial score (nSPS) is 28.8. The Balaban J connectivity index is 2.65. The predicted molar refractivity (Wildman–Crippen MR) is 48.4 cm³/mol. The Morgan fingerprint density at radius 3 is 2.75 bits per heavy atom. The predicted octanol–water partition coefficient (Wildman–Crippen LogP) is 0.158. The molecule has 70 valence electrons. The second kappa shape index (κ2) is 4.30. The Labute approximate surface area is 78.6 Å². The molecule has 1 aliphatic rings. The molecule has 4 nitrogen and oxygen atoms in total. The average molecular weight is 212 g/mol. The van der Waals surface area contributed by atoms with Gasteiger partial charge in [-0.05, 0) is 0 Å². The summed E-state index contributed by atoms with van der Waals surface area (Å²) in [6.45, 7) is 0.509. The lowest BCUT2D eigenvalue weighted by molar-refractivity contribution is -0.563. The van der Waals surface area contributed by atoms with Gasteiger partial charge < -0.3 is 0 Å². The maximum Gasteiger partial charge on any atom is 0.218 e. The minimum Gasteiger partial charge on any atom is -0.251 e. The Kier molecular flexibility index (Phi) is 3.61. The molecular formula is C6H12ClN2O2S+. The lowest BCUT2D eigenvalue weighted by atomic mass is 10.2. The maximum atomic E-state index is 11.1. The SMILES string of the molecule is NS(=O)C(CCl)C1CCC[N+]1=O. The quantitative estimate of drug-likeness (QED) is 0.534. The van der Waals surface area contributed by atoms with Crippen molar-refractivity contribution >= 4 is 22.6 Å². The first kappa shape index (κ1) is 10.1. The molecule has 1 fully saturated rings. The smallest absolute Gasteiger partial charge is 0.218 e. The van der Waals surface area contributed by atoms with Gasteiger partial charge in [0.2, 0.25) is 6.04 Å². The third kappa shape index (κ3) is 2.02. The molecule has 0 amide bonds. The molecule has 0 spiro atoms. The highest BCUT2D eigenvalue weighted by atomic mass is 35.5. The van der Waals surface area contributed by atoms with Crippen molar-refractivity contribution in [2.24, 2.45) is 5.14 Å². The minimum absolute atomic E-state index is 0.187. The topological polar surface area (TPSA) is 63.2 Å². The fourth-order valence-electron chi connectivity index (χ4n) is 1.46. The van der Waals surface area contributed by atoms with Crippen LogP contribution in [0.4, 0.5) is 0 Å². The zero-order valence-electron chi connectivity index (χ0n) is 6.61. The second-order valence-electron chi connectivity index (χ2n) is 2.87. The number of hydrogen-bond donors (Lipinski definition) is 1. The van der Waals surface area contributed by atoms with Gasteiger partial charge in [-0.15, -0.1) is 11.6 Å². The molecule has 0 saturated carbocycles. The Morgan fingerprint density at radius 2 is 2.42 bits per heavy atom. The van der Waals surface area contributed by atoms with E-state index in [4.69, 9.17) is 16.7 Å². The molecule has 1 aliphatic heterocycles. The van der Waals surface area contributed by atoms with Crippen LogP contribution in [0, 0.1) is 4.91 Å². The van der Waals surface area contributed by atoms with Crippen molar-refractivity contribution < 1.29 is 8.97 Å². The van der Waals surface area contributed by atoms with Gasteiger partial charge in [-0.3, -0.25) is 5.14 Å². The summed E-state index contributed by atoms with van der Waals surface area (Å²) < 4.78 is 11.9. The van der Waals surface area contributed by atoms with Gasteiger partial charge in [-0.2, -0.15) is 0 Å². The first-order chi connectivity index (χ1) is 5.66. The zero-order valence-corrected chi connectivity index (χ0v) is 8.18. The van der Waals surface area contributed by atoms with E-state index < -0.39 is 11.0 Å². The van der Waals surface area contributed by atoms with Crippen LogP contribution >= 0.6 is 11.6 Å². The molecular weight excluding hydrogens is 200 g/mol. The number of nitrogens with two attached hydrogens (primary N) is 1. The van der Waals surface area contributed by atoms with Crippen LogP contribution in [-0.4, -0.2) is 32.7 Å². The lowest BCUT2D eigenvalue weighted by Crippen LogP contribution is -2.39. The summed E-state index contributed by atoms with van der Waals surface area (Å²) in [6, 6.07) is -0.242. The number of alkyl halides is 1. The highest BCUT2D eigenvalue weighted by Gasteiger charge is 2.40. The van der Waals surface area contributed by atoms with Crippen LogP contribution in [0.3, 0.4) is 0 Å². The van der Waals surface area contributed by atoms with Crippen LogP contribution < -0.4 is 5.14 Å². The molecule has 0 aliphatic carbocycles. The van der Waals surface area contributed by atoms with Crippen molar-refractivity contribution in [3.05, 3.63) is 4.91 Å². The molecule has 0 aromatic carbocycles. The van der Waals surface area contributed by atoms with Gasteiger partial charge >= 0.3 is 0 Å². The Morgan fingerprint density at radius 1 is 1.75 bits per heavy atom. The highest BCUT2D eigenvalue weighted by molar-refractivity contribution is 7.83. The summed E-state index contributed by atoms with van der Waals surface area (Å²) in [4.78, 5) is 11.1. The fourth-order valence-corrected chi connectivity index (χ4v) is 2.74. The van der Waals surface area contributed by atoms with Gasteiger partial charge in [0.05, 0.1) is 0 Å². The Hall–Kier alpha value is -0.0000000000000000555. The van der Waals surface area contributed by atoms with Crippen LogP contribution in [0.15, 0.2) is 0 Å². The van der Waals surface area contributed by atoms with Crippen molar-refractivity contribution in [2.45, 2.75) is 24.1 Å². The molecule has 1 rings (SSSR count). The first-order valence-corrected chi connectivity index (χ1v) is 5.62. The average Bonchev–Trinajstić information content (AvgIpc) is 2.38. The Bertz CT molecular complexity index is 212. The lowest BCUT2D eigenvalue weighted by Gasteiger charge is -2.10. The van der Waals surface area contributed by atoms with E-state index in [9.17, 15) is 9.12 Å². The van der Waals surface area contributed by atoms with E-state index in [1.54, 1.807) is 0 Å². The van der Waals surface area contributed by atoms with Crippen LogP contribution in [0.1, 0.15) is 12.8 Å². The number of rotatable bonds is 3. The molecule has 2 N–H and O–H groups in total. The highest BCUT2D eigenvalue weighted by Crippen LogP contribution is 2.18. The number of nitrogens with zero attached hydrogens (tertiary/aromatic N) is 1. The molecule has 12 heavy (non-hydrogen) atoms. The van der Waals surface area contributed by atoms with Gasteiger partial charge in [-0.25, -0.2) is 4.21 Å². The van der Waals surface area contributed by atoms with E-state index in [-0.39, 0.29) is 17.2 Å². The first-order valence-electron chi connectivity index (χ1n) is 3.81. The summed E-state index contributed by atoms with van der Waals surface area (Å²) in [5.74, 6) is 0.187. The molecule has 0 aromatic rings. The van der Waals surface area contributed by atoms with E-state index in [1.807, 2.05) is 0 Å². The molecule has 3 unspecified atom stereocenters. The van der Waals surface area contributed by atoms with Crippen LogP contribution in [0.25, 0.3) is 0 Å². The van der Waals surface area contributed by atoms with Crippen molar-refractivity contribution in [3.8, 4) is 0 Å². The molecule has 1 saturated heterocycles. The largest absolute Gasteiger partial charge is 0.251 e. The fraction of sp³-hybridized carbons (Fsp3) is 1.00. The summed E-state index contributed by atoms with van der Waals surface area (Å²) in [5.41, 5.74) is 0. The standard InChI is InChI=1S/C6H12ClN2O2S/c7-4-6(12(8)11)5-2-1-3-9(5)10/h5-6H,1-4,8H2/q+1. The maximum absolute atomic E-state index is 11.1. The summed E-state index contributed by atoms with van der Waals surface area (Å²) in [6.07, 6.45) is 1.60. The van der Waals surface area contributed by atoms with Crippen molar-refractivity contribution in [3.63, 3.8) is 0 Å². The third-order valence-electron chi connectivity index (χ3n) is 2.13. The number of halogens is 1. The van der Waals surface area contributed by atoms with Gasteiger partial charge in [0.1, 0.15) is 16.2 Å². The van der Waals surface area contributed by atoms with E-state index >= 15 is 0 Å². The van der Waals surface area contributed by atoms with Crippen molar-refractivity contribution in [1.29, 1.82) is 0 Å². The van der Waals surface area contributed by atoms with E-state index in [0.29, 0.717) is 6.54 Å². The zero-order chi connectivity index (χ0) is 9.14. The van der Waals surface area contributed by atoms with Crippen molar-refractivity contribution in [1.82, 2.24) is 0 Å². The van der Waals surface area contributed by atoms with Gasteiger partial charge in [0, 0.05) is 28.4 Å². The van der Waals surface area contributed by atoms with Gasteiger partial charge in [-0.1, -0.05) is 0 Å².